The van der Waals surface area contributed by atoms with Gasteiger partial charge in [-0.25, -0.2) is 0 Å². The number of anilines is 3. The fourth-order valence-electron chi connectivity index (χ4n) is 3.68. The Morgan fingerprint density at radius 2 is 1.59 bits per heavy atom. The number of carbonyl (C=O) groups is 2. The number of rotatable bonds is 8. The van der Waals surface area contributed by atoms with E-state index in [0.29, 0.717) is 12.1 Å². The van der Waals surface area contributed by atoms with Crippen molar-refractivity contribution in [3.05, 3.63) is 90.0 Å². The summed E-state index contributed by atoms with van der Waals surface area (Å²) < 4.78 is 0. The maximum atomic E-state index is 12.9. The standard InChI is InChI=1S/C26H26N4O2/c1-29(2)16-17-30(18-31)21-14-12-20(13-15-21)27-25(19-8-4-3-5-9-19)24-22-10-6-7-11-23(22)28-26(24)32/h3-15,18,27H,16-17H2,1-2H3,(H,28,32). The van der Waals surface area contributed by atoms with Crippen molar-refractivity contribution in [1.29, 1.82) is 0 Å². The lowest BCUT2D eigenvalue weighted by Crippen LogP contribution is -2.30. The van der Waals surface area contributed by atoms with Crippen LogP contribution in [0.25, 0.3) is 11.3 Å². The highest BCUT2D eigenvalue weighted by Crippen LogP contribution is 2.37. The monoisotopic (exact) mass is 426 g/mol. The van der Waals surface area contributed by atoms with Crippen LogP contribution >= 0.6 is 0 Å². The third-order valence-corrected chi connectivity index (χ3v) is 5.37. The summed E-state index contributed by atoms with van der Waals surface area (Å²) >= 11 is 0. The molecule has 1 heterocycles. The highest BCUT2D eigenvalue weighted by Gasteiger charge is 2.28. The summed E-state index contributed by atoms with van der Waals surface area (Å²) in [7, 11) is 3.96. The molecule has 0 saturated carbocycles. The van der Waals surface area contributed by atoms with Crippen LogP contribution in [0.4, 0.5) is 17.1 Å². The average Bonchev–Trinajstić information content (AvgIpc) is 3.14. The molecule has 32 heavy (non-hydrogen) atoms. The molecule has 162 valence electrons. The lowest BCUT2D eigenvalue weighted by atomic mass is 10.00. The Labute approximate surface area is 188 Å². The second-order valence-corrected chi connectivity index (χ2v) is 7.89. The molecule has 6 heteroatoms. The first kappa shape index (κ1) is 21.3. The van der Waals surface area contributed by atoms with Crippen molar-refractivity contribution in [1.82, 2.24) is 4.90 Å². The van der Waals surface area contributed by atoms with Gasteiger partial charge in [0, 0.05) is 35.7 Å². The Morgan fingerprint density at radius 1 is 0.906 bits per heavy atom. The molecule has 0 aromatic heterocycles. The molecule has 0 saturated heterocycles. The largest absolute Gasteiger partial charge is 0.354 e. The van der Waals surface area contributed by atoms with Crippen LogP contribution in [0.2, 0.25) is 0 Å². The van der Waals surface area contributed by atoms with Crippen LogP contribution in [-0.2, 0) is 9.59 Å². The molecule has 2 N–H and O–H groups in total. The molecule has 0 radical (unpaired) electrons. The summed E-state index contributed by atoms with van der Waals surface area (Å²) in [6.45, 7) is 1.39. The van der Waals surface area contributed by atoms with Gasteiger partial charge in [0.15, 0.2) is 0 Å². The van der Waals surface area contributed by atoms with Gasteiger partial charge < -0.3 is 20.4 Å². The second-order valence-electron chi connectivity index (χ2n) is 7.89. The number of hydrogen-bond donors (Lipinski definition) is 2. The van der Waals surface area contributed by atoms with E-state index >= 15 is 0 Å². The molecule has 0 aliphatic carbocycles. The van der Waals surface area contributed by atoms with Gasteiger partial charge in [-0.1, -0.05) is 48.5 Å². The molecular weight excluding hydrogens is 400 g/mol. The topological polar surface area (TPSA) is 64.7 Å². The Balaban J connectivity index is 1.68. The number of likely N-dealkylation sites (N-methyl/N-ethyl adjacent to an activating group) is 1. The summed E-state index contributed by atoms with van der Waals surface area (Å²) in [4.78, 5) is 28.1. The van der Waals surface area contributed by atoms with E-state index in [9.17, 15) is 9.59 Å². The molecule has 0 bridgehead atoms. The minimum absolute atomic E-state index is 0.134. The van der Waals surface area contributed by atoms with Gasteiger partial charge in [0.25, 0.3) is 5.91 Å². The lowest BCUT2D eigenvalue weighted by molar-refractivity contribution is -0.111. The van der Waals surface area contributed by atoms with E-state index < -0.39 is 0 Å². The van der Waals surface area contributed by atoms with Crippen molar-refractivity contribution in [2.75, 3.05) is 42.7 Å². The summed E-state index contributed by atoms with van der Waals surface area (Å²) in [6, 6.07) is 25.1. The van der Waals surface area contributed by atoms with Crippen molar-refractivity contribution in [3.8, 4) is 0 Å². The smallest absolute Gasteiger partial charge is 0.258 e. The van der Waals surface area contributed by atoms with Gasteiger partial charge in [-0.15, -0.1) is 0 Å². The Morgan fingerprint density at radius 3 is 2.28 bits per heavy atom. The van der Waals surface area contributed by atoms with Crippen molar-refractivity contribution >= 4 is 40.6 Å². The Bertz CT molecular complexity index is 1140. The third-order valence-electron chi connectivity index (χ3n) is 5.37. The number of amides is 2. The number of para-hydroxylation sites is 1. The van der Waals surface area contributed by atoms with E-state index in [-0.39, 0.29) is 5.91 Å². The van der Waals surface area contributed by atoms with Crippen molar-refractivity contribution in [2.45, 2.75) is 0 Å². The van der Waals surface area contributed by atoms with Gasteiger partial charge in [0.05, 0.1) is 11.3 Å². The van der Waals surface area contributed by atoms with Gasteiger partial charge in [-0.3, -0.25) is 9.59 Å². The molecule has 2 amide bonds. The van der Waals surface area contributed by atoms with Crippen molar-refractivity contribution in [2.24, 2.45) is 0 Å². The zero-order chi connectivity index (χ0) is 22.5. The maximum absolute atomic E-state index is 12.9. The number of nitrogens with one attached hydrogen (secondary N) is 2. The number of benzene rings is 3. The van der Waals surface area contributed by atoms with Gasteiger partial charge in [0.1, 0.15) is 0 Å². The van der Waals surface area contributed by atoms with Crippen LogP contribution in [0.15, 0.2) is 78.9 Å². The average molecular weight is 427 g/mol. The van der Waals surface area contributed by atoms with Gasteiger partial charge in [-0.2, -0.15) is 0 Å². The zero-order valence-corrected chi connectivity index (χ0v) is 18.2. The fourth-order valence-corrected chi connectivity index (χ4v) is 3.68. The molecule has 0 fully saturated rings. The molecular formula is C26H26N4O2. The van der Waals surface area contributed by atoms with E-state index in [4.69, 9.17) is 0 Å². The van der Waals surface area contributed by atoms with Crippen LogP contribution < -0.4 is 15.5 Å². The SMILES string of the molecule is CN(C)CCN(C=O)c1ccc(NC(=C2C(=O)Nc3ccccc32)c2ccccc2)cc1. The highest BCUT2D eigenvalue weighted by atomic mass is 16.2. The fraction of sp³-hybridized carbons (Fsp3) is 0.154. The van der Waals surface area contributed by atoms with Gasteiger partial charge >= 0.3 is 0 Å². The predicted molar refractivity (Wildman–Crippen MR) is 130 cm³/mol. The van der Waals surface area contributed by atoms with E-state index in [1.807, 2.05) is 97.9 Å². The number of fused-ring (bicyclic) bond motifs is 1. The molecule has 1 aliphatic rings. The lowest BCUT2D eigenvalue weighted by Gasteiger charge is -2.20. The Kier molecular flexibility index (Phi) is 6.33. The van der Waals surface area contributed by atoms with Crippen LogP contribution in [-0.4, -0.2) is 44.4 Å². The van der Waals surface area contributed by atoms with Crippen LogP contribution in [0.3, 0.4) is 0 Å². The number of hydrogen-bond acceptors (Lipinski definition) is 4. The van der Waals surface area contributed by atoms with Gasteiger partial charge in [-0.05, 0) is 50.0 Å². The zero-order valence-electron chi connectivity index (χ0n) is 18.2. The van der Waals surface area contributed by atoms with E-state index in [1.165, 1.54) is 0 Å². The highest BCUT2D eigenvalue weighted by molar-refractivity contribution is 6.37. The van der Waals surface area contributed by atoms with E-state index in [2.05, 4.69) is 10.6 Å². The molecule has 3 aromatic rings. The first-order valence-corrected chi connectivity index (χ1v) is 10.5. The van der Waals surface area contributed by atoms with Crippen LogP contribution in [0, 0.1) is 0 Å². The molecule has 0 spiro atoms. The normalized spacial score (nSPS) is 14.0. The van der Waals surface area contributed by atoms with Crippen LogP contribution in [0.5, 0.6) is 0 Å². The van der Waals surface area contributed by atoms with Gasteiger partial charge in [0.2, 0.25) is 6.41 Å². The first-order valence-electron chi connectivity index (χ1n) is 10.5. The van der Waals surface area contributed by atoms with Crippen molar-refractivity contribution in [3.63, 3.8) is 0 Å². The summed E-state index contributed by atoms with van der Waals surface area (Å²) in [5.41, 5.74) is 5.59. The van der Waals surface area contributed by atoms with E-state index in [0.717, 1.165) is 46.8 Å². The second kappa shape index (κ2) is 9.49. The number of nitrogens with zero attached hydrogens (tertiary/aromatic N) is 2. The van der Waals surface area contributed by atoms with E-state index in [1.54, 1.807) is 4.90 Å². The quantitative estimate of drug-likeness (QED) is 0.420. The maximum Gasteiger partial charge on any atom is 0.258 e. The van der Waals surface area contributed by atoms with Crippen molar-refractivity contribution < 1.29 is 9.59 Å². The van der Waals surface area contributed by atoms with Crippen LogP contribution in [0.1, 0.15) is 11.1 Å². The third kappa shape index (κ3) is 4.55. The molecule has 0 unspecified atom stereocenters. The Hall–Kier alpha value is -3.90. The first-order chi connectivity index (χ1) is 15.6. The molecule has 3 aromatic carbocycles. The minimum Gasteiger partial charge on any atom is -0.354 e. The predicted octanol–water partition coefficient (Wildman–Crippen LogP) is 4.14. The minimum atomic E-state index is -0.134. The molecule has 4 rings (SSSR count). The molecule has 1 aliphatic heterocycles. The summed E-state index contributed by atoms with van der Waals surface area (Å²) in [5.74, 6) is -0.134. The molecule has 6 nitrogen and oxygen atoms in total. The summed E-state index contributed by atoms with van der Waals surface area (Å²) in [5, 5.41) is 6.40. The molecule has 0 atom stereocenters. The summed E-state index contributed by atoms with van der Waals surface area (Å²) in [6.07, 6.45) is 0.850. The number of carbonyl (C=O) groups excluding carboxylic acids is 2.